The second-order valence-corrected chi connectivity index (χ2v) is 8.64. The van der Waals surface area contributed by atoms with Gasteiger partial charge in [0.15, 0.2) is 0 Å². The summed E-state index contributed by atoms with van der Waals surface area (Å²) in [5.41, 5.74) is 2.47. The van der Waals surface area contributed by atoms with Gasteiger partial charge >= 0.3 is 0 Å². The van der Waals surface area contributed by atoms with Gasteiger partial charge in [-0.1, -0.05) is 19.0 Å². The van der Waals surface area contributed by atoms with Gasteiger partial charge in [0, 0.05) is 42.6 Å². The molecule has 0 radical (unpaired) electrons. The van der Waals surface area contributed by atoms with Crippen molar-refractivity contribution in [1.29, 1.82) is 0 Å². The standard InChI is InChI=1S/C21H28N4O3S/c1-13(2)21(27)25-10-7-16(8-11-25)23-19(26)17-6-5-9-22-20(17)29-12-18-14(3)24-28-15(18)4/h5-6,9,13,16H,7-8,10-12H2,1-4H3,(H,23,26). The van der Waals surface area contributed by atoms with Crippen LogP contribution in [0.2, 0.25) is 0 Å². The average molecular weight is 417 g/mol. The van der Waals surface area contributed by atoms with Crippen LogP contribution in [-0.2, 0) is 10.5 Å². The highest BCUT2D eigenvalue weighted by molar-refractivity contribution is 7.98. The number of nitrogens with one attached hydrogen (secondary N) is 1. The molecule has 0 unspecified atom stereocenters. The van der Waals surface area contributed by atoms with Gasteiger partial charge in [0.2, 0.25) is 5.91 Å². The molecule has 1 aliphatic rings. The van der Waals surface area contributed by atoms with Crippen molar-refractivity contribution in [2.75, 3.05) is 13.1 Å². The maximum atomic E-state index is 12.9. The number of piperidine rings is 1. The van der Waals surface area contributed by atoms with Gasteiger partial charge in [0.25, 0.3) is 5.91 Å². The number of likely N-dealkylation sites (tertiary alicyclic amines) is 1. The van der Waals surface area contributed by atoms with E-state index in [1.54, 1.807) is 18.3 Å². The summed E-state index contributed by atoms with van der Waals surface area (Å²) in [4.78, 5) is 31.3. The molecular formula is C21H28N4O3S. The fraction of sp³-hybridized carbons (Fsp3) is 0.524. The summed E-state index contributed by atoms with van der Waals surface area (Å²) in [6.45, 7) is 9.00. The van der Waals surface area contributed by atoms with Crippen molar-refractivity contribution >= 4 is 23.6 Å². The van der Waals surface area contributed by atoms with Crippen molar-refractivity contribution in [2.24, 2.45) is 5.92 Å². The lowest BCUT2D eigenvalue weighted by Gasteiger charge is -2.33. The Hall–Kier alpha value is -2.35. The number of thioether (sulfide) groups is 1. The molecule has 2 amide bonds. The number of aromatic nitrogens is 2. The van der Waals surface area contributed by atoms with Gasteiger partial charge in [-0.3, -0.25) is 9.59 Å². The molecule has 0 aliphatic carbocycles. The minimum atomic E-state index is -0.118. The van der Waals surface area contributed by atoms with E-state index in [-0.39, 0.29) is 23.8 Å². The van der Waals surface area contributed by atoms with Crippen LogP contribution in [-0.4, -0.2) is 46.0 Å². The van der Waals surface area contributed by atoms with Crippen LogP contribution in [0, 0.1) is 19.8 Å². The molecule has 3 rings (SSSR count). The van der Waals surface area contributed by atoms with Crippen LogP contribution in [0.1, 0.15) is 54.1 Å². The zero-order valence-corrected chi connectivity index (χ0v) is 18.2. The first-order valence-corrected chi connectivity index (χ1v) is 10.9. The fourth-order valence-electron chi connectivity index (χ4n) is 3.40. The zero-order valence-electron chi connectivity index (χ0n) is 17.4. The monoisotopic (exact) mass is 416 g/mol. The predicted molar refractivity (Wildman–Crippen MR) is 112 cm³/mol. The Balaban J connectivity index is 1.60. The summed E-state index contributed by atoms with van der Waals surface area (Å²) in [6, 6.07) is 3.65. The van der Waals surface area contributed by atoms with Crippen LogP contribution in [0.25, 0.3) is 0 Å². The fourth-order valence-corrected chi connectivity index (χ4v) is 4.54. The molecule has 0 bridgehead atoms. The Morgan fingerprint density at radius 3 is 2.66 bits per heavy atom. The minimum Gasteiger partial charge on any atom is -0.361 e. The molecule has 8 heteroatoms. The van der Waals surface area contributed by atoms with Crippen LogP contribution in [0.3, 0.4) is 0 Å². The highest BCUT2D eigenvalue weighted by Gasteiger charge is 2.26. The molecule has 7 nitrogen and oxygen atoms in total. The Morgan fingerprint density at radius 2 is 2.03 bits per heavy atom. The van der Waals surface area contributed by atoms with Crippen molar-refractivity contribution < 1.29 is 14.1 Å². The molecule has 2 aromatic rings. The van der Waals surface area contributed by atoms with Crippen LogP contribution >= 0.6 is 11.8 Å². The molecule has 3 heterocycles. The van der Waals surface area contributed by atoms with E-state index in [2.05, 4.69) is 15.5 Å². The number of carbonyl (C=O) groups excluding carboxylic acids is 2. The summed E-state index contributed by atoms with van der Waals surface area (Å²) in [5, 5.41) is 7.79. The molecule has 1 N–H and O–H groups in total. The van der Waals surface area contributed by atoms with Crippen LogP contribution in [0.5, 0.6) is 0 Å². The number of pyridine rings is 1. The number of nitrogens with zero attached hydrogens (tertiary/aromatic N) is 3. The molecule has 0 spiro atoms. The Kier molecular flexibility index (Phi) is 6.95. The quantitative estimate of drug-likeness (QED) is 0.727. The van der Waals surface area contributed by atoms with Crippen molar-refractivity contribution in [1.82, 2.24) is 20.4 Å². The summed E-state index contributed by atoms with van der Waals surface area (Å²) in [6.07, 6.45) is 3.24. The van der Waals surface area contributed by atoms with E-state index in [0.29, 0.717) is 29.4 Å². The Bertz CT molecular complexity index is 853. The Labute approximate surface area is 175 Å². The summed E-state index contributed by atoms with van der Waals surface area (Å²) in [5.74, 6) is 1.51. The first-order chi connectivity index (χ1) is 13.9. The van der Waals surface area contributed by atoms with Crippen molar-refractivity contribution in [3.05, 3.63) is 40.9 Å². The molecule has 0 saturated carbocycles. The van der Waals surface area contributed by atoms with Gasteiger partial charge in [0.05, 0.1) is 11.3 Å². The molecule has 0 aromatic carbocycles. The minimum absolute atomic E-state index is 0.00816. The van der Waals surface area contributed by atoms with Gasteiger partial charge in [-0.2, -0.15) is 0 Å². The lowest BCUT2D eigenvalue weighted by molar-refractivity contribution is -0.135. The zero-order chi connectivity index (χ0) is 21.0. The lowest BCUT2D eigenvalue weighted by Crippen LogP contribution is -2.47. The number of hydrogen-bond acceptors (Lipinski definition) is 6. The van der Waals surface area contributed by atoms with Gasteiger partial charge < -0.3 is 14.7 Å². The maximum Gasteiger partial charge on any atom is 0.254 e. The van der Waals surface area contributed by atoms with E-state index in [0.717, 1.165) is 29.9 Å². The number of rotatable bonds is 6. The second kappa shape index (κ2) is 9.43. The third kappa shape index (κ3) is 5.18. The van der Waals surface area contributed by atoms with Crippen LogP contribution in [0.4, 0.5) is 0 Å². The molecule has 1 saturated heterocycles. The van der Waals surface area contributed by atoms with Gasteiger partial charge in [0.1, 0.15) is 10.8 Å². The number of hydrogen-bond donors (Lipinski definition) is 1. The van der Waals surface area contributed by atoms with Crippen molar-refractivity contribution in [3.8, 4) is 0 Å². The first-order valence-electron chi connectivity index (χ1n) is 9.96. The van der Waals surface area contributed by atoms with Crippen molar-refractivity contribution in [3.63, 3.8) is 0 Å². The third-order valence-electron chi connectivity index (χ3n) is 5.19. The summed E-state index contributed by atoms with van der Waals surface area (Å²) in [7, 11) is 0. The second-order valence-electron chi connectivity index (χ2n) is 7.68. The Morgan fingerprint density at radius 1 is 1.31 bits per heavy atom. The van der Waals surface area contributed by atoms with Crippen molar-refractivity contribution in [2.45, 2.75) is 57.4 Å². The van der Waals surface area contributed by atoms with E-state index in [9.17, 15) is 9.59 Å². The smallest absolute Gasteiger partial charge is 0.254 e. The molecule has 29 heavy (non-hydrogen) atoms. The molecule has 2 aromatic heterocycles. The third-order valence-corrected chi connectivity index (χ3v) is 6.22. The number of amides is 2. The first kappa shape index (κ1) is 21.4. The number of carbonyl (C=O) groups is 2. The SMILES string of the molecule is Cc1noc(C)c1CSc1ncccc1C(=O)NC1CCN(C(=O)C(C)C)CC1. The molecule has 0 atom stereocenters. The summed E-state index contributed by atoms with van der Waals surface area (Å²) >= 11 is 1.51. The highest BCUT2D eigenvalue weighted by Crippen LogP contribution is 2.27. The molecule has 156 valence electrons. The van der Waals surface area contributed by atoms with E-state index < -0.39 is 0 Å². The van der Waals surface area contributed by atoms with Crippen LogP contribution in [0.15, 0.2) is 27.9 Å². The lowest BCUT2D eigenvalue weighted by atomic mass is 10.0. The largest absolute Gasteiger partial charge is 0.361 e. The number of aryl methyl sites for hydroxylation is 2. The van der Waals surface area contributed by atoms with Crippen LogP contribution < -0.4 is 5.32 Å². The molecule has 1 fully saturated rings. The van der Waals surface area contributed by atoms with E-state index in [1.165, 1.54) is 11.8 Å². The van der Waals surface area contributed by atoms with E-state index in [1.807, 2.05) is 32.6 Å². The average Bonchev–Trinajstić information content (AvgIpc) is 3.04. The van der Waals surface area contributed by atoms with Gasteiger partial charge in [-0.25, -0.2) is 4.98 Å². The maximum absolute atomic E-state index is 12.9. The predicted octanol–water partition coefficient (Wildman–Crippen LogP) is 3.36. The summed E-state index contributed by atoms with van der Waals surface area (Å²) < 4.78 is 5.21. The van der Waals surface area contributed by atoms with E-state index in [4.69, 9.17) is 4.52 Å². The molecule has 1 aliphatic heterocycles. The van der Waals surface area contributed by atoms with E-state index >= 15 is 0 Å². The van der Waals surface area contributed by atoms with Gasteiger partial charge in [-0.15, -0.1) is 11.8 Å². The molecular weight excluding hydrogens is 388 g/mol. The normalized spacial score (nSPS) is 15.0. The highest BCUT2D eigenvalue weighted by atomic mass is 32.2. The topological polar surface area (TPSA) is 88.3 Å². The van der Waals surface area contributed by atoms with Gasteiger partial charge in [-0.05, 0) is 38.8 Å².